The summed E-state index contributed by atoms with van der Waals surface area (Å²) in [5, 5.41) is 0. The van der Waals surface area contributed by atoms with Gasteiger partial charge in [-0.1, -0.05) is 56.1 Å². The molecule has 4 aromatic carbocycles. The predicted octanol–water partition coefficient (Wildman–Crippen LogP) is 10.0. The highest BCUT2D eigenvalue weighted by Crippen LogP contribution is 2.53. The first-order chi connectivity index (χ1) is 16.1. The zero-order valence-electron chi connectivity index (χ0n) is 18.6. The second-order valence-electron chi connectivity index (χ2n) is 9.34. The fourth-order valence-corrected chi connectivity index (χ4v) is 6.23. The molecule has 2 atom stereocenters. The van der Waals surface area contributed by atoms with E-state index in [1.807, 2.05) is 0 Å². The summed E-state index contributed by atoms with van der Waals surface area (Å²) in [6.07, 6.45) is 4.10. The fraction of sp³-hybridized carbons (Fsp3) is 0.200. The summed E-state index contributed by atoms with van der Waals surface area (Å²) in [5.41, 5.74) is 10.6. The van der Waals surface area contributed by atoms with Crippen LogP contribution in [0.2, 0.25) is 0 Å². The molecule has 0 aromatic heterocycles. The maximum absolute atomic E-state index is 3.58. The van der Waals surface area contributed by atoms with Crippen molar-refractivity contribution in [3.63, 3.8) is 0 Å². The van der Waals surface area contributed by atoms with Crippen molar-refractivity contribution >= 4 is 48.9 Å². The standard InChI is InChI=1S/C30H25Br2N/c1-19-2-10-27(18-29(19)22-5-15-28-20-3-4-21(16-20)30(28)17-22)33(25-11-6-23(31)7-12-25)26-13-8-24(32)9-14-26/h2,5-15,17-18,20-21H,3-4,16H2,1H3. The summed E-state index contributed by atoms with van der Waals surface area (Å²) in [6.45, 7) is 2.22. The van der Waals surface area contributed by atoms with Crippen LogP contribution in [0, 0.1) is 6.92 Å². The van der Waals surface area contributed by atoms with Crippen LogP contribution in [-0.4, -0.2) is 0 Å². The van der Waals surface area contributed by atoms with Gasteiger partial charge in [-0.15, -0.1) is 0 Å². The minimum Gasteiger partial charge on any atom is -0.310 e. The van der Waals surface area contributed by atoms with E-state index >= 15 is 0 Å². The molecule has 2 aliphatic rings. The third-order valence-electron chi connectivity index (χ3n) is 7.36. The minimum atomic E-state index is 0.774. The molecule has 4 aromatic rings. The van der Waals surface area contributed by atoms with Gasteiger partial charge in [0.25, 0.3) is 0 Å². The zero-order valence-corrected chi connectivity index (χ0v) is 21.7. The van der Waals surface area contributed by atoms with Crippen LogP contribution in [0.3, 0.4) is 0 Å². The first-order valence-electron chi connectivity index (χ1n) is 11.6. The molecule has 1 nitrogen and oxygen atoms in total. The second-order valence-corrected chi connectivity index (χ2v) is 11.2. The van der Waals surface area contributed by atoms with E-state index in [4.69, 9.17) is 0 Å². The van der Waals surface area contributed by atoms with Crippen LogP contribution in [-0.2, 0) is 0 Å². The Bertz CT molecular complexity index is 1280. The molecule has 33 heavy (non-hydrogen) atoms. The molecule has 6 rings (SSSR count). The Morgan fingerprint density at radius 2 is 1.21 bits per heavy atom. The molecular formula is C30H25Br2N. The fourth-order valence-electron chi connectivity index (χ4n) is 5.70. The van der Waals surface area contributed by atoms with Gasteiger partial charge in [-0.3, -0.25) is 0 Å². The maximum Gasteiger partial charge on any atom is 0.0467 e. The summed E-state index contributed by atoms with van der Waals surface area (Å²) < 4.78 is 2.16. The molecule has 0 N–H and O–H groups in total. The molecule has 164 valence electrons. The monoisotopic (exact) mass is 557 g/mol. The van der Waals surface area contributed by atoms with E-state index in [0.717, 1.165) is 32.2 Å². The summed E-state index contributed by atoms with van der Waals surface area (Å²) in [7, 11) is 0. The van der Waals surface area contributed by atoms with Crippen molar-refractivity contribution < 1.29 is 0 Å². The predicted molar refractivity (Wildman–Crippen MR) is 146 cm³/mol. The van der Waals surface area contributed by atoms with E-state index in [1.54, 1.807) is 11.1 Å². The lowest BCUT2D eigenvalue weighted by atomic mass is 9.88. The van der Waals surface area contributed by atoms with Gasteiger partial charge in [0.1, 0.15) is 0 Å². The average Bonchev–Trinajstić information content (AvgIpc) is 3.45. The molecule has 0 spiro atoms. The Hall–Kier alpha value is -2.36. The van der Waals surface area contributed by atoms with Gasteiger partial charge >= 0.3 is 0 Å². The Balaban J connectivity index is 1.46. The van der Waals surface area contributed by atoms with Crippen molar-refractivity contribution in [2.45, 2.75) is 38.0 Å². The quantitative estimate of drug-likeness (QED) is 0.241. The lowest BCUT2D eigenvalue weighted by molar-refractivity contribution is 0.718. The highest BCUT2D eigenvalue weighted by molar-refractivity contribution is 9.10. The Morgan fingerprint density at radius 3 is 1.85 bits per heavy atom. The molecule has 2 aliphatic carbocycles. The van der Waals surface area contributed by atoms with Gasteiger partial charge < -0.3 is 4.90 Å². The van der Waals surface area contributed by atoms with Crippen molar-refractivity contribution in [3.8, 4) is 11.1 Å². The normalized spacial score (nSPS) is 18.4. The van der Waals surface area contributed by atoms with Crippen molar-refractivity contribution in [1.82, 2.24) is 0 Å². The van der Waals surface area contributed by atoms with Crippen LogP contribution < -0.4 is 4.90 Å². The molecule has 1 fully saturated rings. The van der Waals surface area contributed by atoms with E-state index < -0.39 is 0 Å². The SMILES string of the molecule is Cc1ccc(N(c2ccc(Br)cc2)c2ccc(Br)cc2)cc1-c1ccc2c(c1)C1CCC2C1. The van der Waals surface area contributed by atoms with E-state index in [2.05, 4.69) is 129 Å². The number of aryl methyl sites for hydroxylation is 1. The van der Waals surface area contributed by atoms with E-state index in [1.165, 1.54) is 41.6 Å². The molecule has 2 bridgehead atoms. The molecule has 0 amide bonds. The number of rotatable bonds is 4. The molecule has 0 heterocycles. The summed E-state index contributed by atoms with van der Waals surface area (Å²) in [6, 6.07) is 31.1. The summed E-state index contributed by atoms with van der Waals surface area (Å²) in [4.78, 5) is 2.33. The van der Waals surface area contributed by atoms with Crippen LogP contribution in [0.1, 0.15) is 47.8 Å². The van der Waals surface area contributed by atoms with Crippen molar-refractivity contribution in [2.24, 2.45) is 0 Å². The van der Waals surface area contributed by atoms with Crippen LogP contribution in [0.15, 0.2) is 93.9 Å². The number of anilines is 3. The van der Waals surface area contributed by atoms with Gasteiger partial charge in [0.15, 0.2) is 0 Å². The Morgan fingerprint density at radius 1 is 0.636 bits per heavy atom. The number of nitrogens with zero attached hydrogens (tertiary/aromatic N) is 1. The molecule has 1 saturated carbocycles. The topological polar surface area (TPSA) is 3.24 Å². The van der Waals surface area contributed by atoms with Crippen LogP contribution in [0.4, 0.5) is 17.1 Å². The molecule has 0 aliphatic heterocycles. The third kappa shape index (κ3) is 3.86. The maximum atomic E-state index is 3.58. The largest absolute Gasteiger partial charge is 0.310 e. The Kier molecular flexibility index (Phi) is 5.43. The van der Waals surface area contributed by atoms with Gasteiger partial charge in [0.2, 0.25) is 0 Å². The van der Waals surface area contributed by atoms with E-state index in [9.17, 15) is 0 Å². The van der Waals surface area contributed by atoms with Crippen LogP contribution in [0.25, 0.3) is 11.1 Å². The summed E-state index contributed by atoms with van der Waals surface area (Å²) in [5.74, 6) is 1.58. The van der Waals surface area contributed by atoms with Gasteiger partial charge in [0.05, 0.1) is 0 Å². The van der Waals surface area contributed by atoms with Crippen molar-refractivity contribution in [2.75, 3.05) is 4.90 Å². The zero-order chi connectivity index (χ0) is 22.5. The number of hydrogen-bond acceptors (Lipinski definition) is 1. The number of hydrogen-bond donors (Lipinski definition) is 0. The van der Waals surface area contributed by atoms with E-state index in [-0.39, 0.29) is 0 Å². The van der Waals surface area contributed by atoms with Gasteiger partial charge in [-0.2, -0.15) is 0 Å². The number of benzene rings is 4. The second kappa shape index (κ2) is 8.45. The molecular weight excluding hydrogens is 534 g/mol. The van der Waals surface area contributed by atoms with E-state index in [0.29, 0.717) is 0 Å². The van der Waals surface area contributed by atoms with Crippen LogP contribution in [0.5, 0.6) is 0 Å². The number of fused-ring (bicyclic) bond motifs is 5. The molecule has 0 saturated heterocycles. The van der Waals surface area contributed by atoms with Gasteiger partial charge in [0, 0.05) is 26.0 Å². The highest BCUT2D eigenvalue weighted by Gasteiger charge is 2.36. The number of halogens is 2. The molecule has 0 radical (unpaired) electrons. The first-order valence-corrected chi connectivity index (χ1v) is 13.2. The third-order valence-corrected chi connectivity index (χ3v) is 8.42. The lowest BCUT2D eigenvalue weighted by Crippen LogP contribution is -2.10. The van der Waals surface area contributed by atoms with Gasteiger partial charge in [-0.25, -0.2) is 0 Å². The van der Waals surface area contributed by atoms with Crippen LogP contribution >= 0.6 is 31.9 Å². The highest BCUT2D eigenvalue weighted by atomic mass is 79.9. The van der Waals surface area contributed by atoms with Crippen molar-refractivity contribution in [1.29, 1.82) is 0 Å². The molecule has 3 heteroatoms. The summed E-state index contributed by atoms with van der Waals surface area (Å²) >= 11 is 7.16. The smallest absolute Gasteiger partial charge is 0.0467 e. The lowest BCUT2D eigenvalue weighted by Gasteiger charge is -2.27. The van der Waals surface area contributed by atoms with Crippen molar-refractivity contribution in [3.05, 3.63) is 111 Å². The van der Waals surface area contributed by atoms with Gasteiger partial charge in [-0.05, 0) is 127 Å². The minimum absolute atomic E-state index is 0.774. The molecule has 2 unspecified atom stereocenters. The Labute approximate surface area is 212 Å². The first kappa shape index (κ1) is 21.2. The average molecular weight is 559 g/mol.